The quantitative estimate of drug-likeness (QED) is 0.569. The van der Waals surface area contributed by atoms with Gasteiger partial charge in [-0.3, -0.25) is 9.89 Å². The van der Waals surface area contributed by atoms with Gasteiger partial charge in [0.1, 0.15) is 5.75 Å². The van der Waals surface area contributed by atoms with Crippen LogP contribution >= 0.6 is 0 Å². The highest BCUT2D eigenvalue weighted by Crippen LogP contribution is 2.12. The summed E-state index contributed by atoms with van der Waals surface area (Å²) in [5.41, 5.74) is 3.72. The number of benzene rings is 2. The Bertz CT molecular complexity index is 755. The molecule has 1 fully saturated rings. The number of morpholine rings is 1. The van der Waals surface area contributed by atoms with Crippen molar-refractivity contribution in [3.63, 3.8) is 0 Å². The summed E-state index contributed by atoms with van der Waals surface area (Å²) in [5, 5.41) is 6.70. The van der Waals surface area contributed by atoms with Crippen LogP contribution in [0.1, 0.15) is 16.7 Å². The average Bonchev–Trinajstić information content (AvgIpc) is 2.76. The van der Waals surface area contributed by atoms with E-state index in [9.17, 15) is 0 Å². The first kappa shape index (κ1) is 20.2. The predicted molar refractivity (Wildman–Crippen MR) is 113 cm³/mol. The van der Waals surface area contributed by atoms with E-state index in [0.717, 1.165) is 56.7 Å². The molecule has 0 spiro atoms. The van der Waals surface area contributed by atoms with Crippen LogP contribution in [0.25, 0.3) is 0 Å². The fraction of sp³-hybridized carbons (Fsp3) is 0.409. The standard InChI is InChI=1S/C22H30N4O2/c1-23-22(25-16-20-4-3-5-21(14-20)27-2)24-15-18-6-8-19(9-7-18)17-26-10-12-28-13-11-26/h3-9,14H,10-13,15-17H2,1-2H3,(H2,23,24,25). The fourth-order valence-corrected chi connectivity index (χ4v) is 3.15. The third-order valence-electron chi connectivity index (χ3n) is 4.81. The summed E-state index contributed by atoms with van der Waals surface area (Å²) in [4.78, 5) is 6.73. The van der Waals surface area contributed by atoms with Gasteiger partial charge >= 0.3 is 0 Å². The van der Waals surface area contributed by atoms with Crippen molar-refractivity contribution in [2.45, 2.75) is 19.6 Å². The molecule has 2 aromatic carbocycles. The minimum Gasteiger partial charge on any atom is -0.497 e. The second kappa shape index (κ2) is 10.7. The summed E-state index contributed by atoms with van der Waals surface area (Å²) in [6, 6.07) is 16.8. The molecule has 3 rings (SSSR count). The summed E-state index contributed by atoms with van der Waals surface area (Å²) >= 11 is 0. The fourth-order valence-electron chi connectivity index (χ4n) is 3.15. The van der Waals surface area contributed by atoms with E-state index in [1.165, 1.54) is 11.1 Å². The molecule has 6 heteroatoms. The van der Waals surface area contributed by atoms with Crippen molar-refractivity contribution in [2.75, 3.05) is 40.5 Å². The van der Waals surface area contributed by atoms with Crippen molar-refractivity contribution in [1.29, 1.82) is 0 Å². The molecule has 6 nitrogen and oxygen atoms in total. The van der Waals surface area contributed by atoms with Crippen LogP contribution in [0.2, 0.25) is 0 Å². The van der Waals surface area contributed by atoms with Gasteiger partial charge in [-0.15, -0.1) is 0 Å². The monoisotopic (exact) mass is 382 g/mol. The van der Waals surface area contributed by atoms with Crippen LogP contribution < -0.4 is 15.4 Å². The summed E-state index contributed by atoms with van der Waals surface area (Å²) in [6.07, 6.45) is 0. The molecule has 0 radical (unpaired) electrons. The Morgan fingerprint density at radius 2 is 1.68 bits per heavy atom. The minimum absolute atomic E-state index is 0.690. The van der Waals surface area contributed by atoms with Gasteiger partial charge in [-0.25, -0.2) is 0 Å². The van der Waals surface area contributed by atoms with Crippen molar-refractivity contribution in [3.8, 4) is 5.75 Å². The molecule has 0 aromatic heterocycles. The molecule has 2 aromatic rings. The Morgan fingerprint density at radius 1 is 1.00 bits per heavy atom. The molecule has 0 amide bonds. The van der Waals surface area contributed by atoms with Gasteiger partial charge in [0.15, 0.2) is 5.96 Å². The van der Waals surface area contributed by atoms with E-state index in [4.69, 9.17) is 9.47 Å². The van der Waals surface area contributed by atoms with E-state index >= 15 is 0 Å². The van der Waals surface area contributed by atoms with Crippen LogP contribution in [0.5, 0.6) is 5.75 Å². The van der Waals surface area contributed by atoms with E-state index in [2.05, 4.69) is 50.9 Å². The first-order valence-corrected chi connectivity index (χ1v) is 9.72. The Kier molecular flexibility index (Phi) is 7.70. The lowest BCUT2D eigenvalue weighted by Gasteiger charge is -2.26. The molecule has 150 valence electrons. The highest BCUT2D eigenvalue weighted by molar-refractivity contribution is 5.79. The van der Waals surface area contributed by atoms with Crippen LogP contribution in [-0.2, 0) is 24.4 Å². The van der Waals surface area contributed by atoms with E-state index in [0.29, 0.717) is 6.54 Å². The molecule has 0 aliphatic carbocycles. The smallest absolute Gasteiger partial charge is 0.191 e. The molecular weight excluding hydrogens is 352 g/mol. The molecule has 1 heterocycles. The number of hydrogen-bond acceptors (Lipinski definition) is 4. The Balaban J connectivity index is 1.45. The van der Waals surface area contributed by atoms with Crippen LogP contribution in [0.15, 0.2) is 53.5 Å². The second-order valence-corrected chi connectivity index (χ2v) is 6.84. The average molecular weight is 383 g/mol. The van der Waals surface area contributed by atoms with Crippen LogP contribution in [-0.4, -0.2) is 51.3 Å². The highest BCUT2D eigenvalue weighted by atomic mass is 16.5. The van der Waals surface area contributed by atoms with E-state index < -0.39 is 0 Å². The molecule has 0 saturated carbocycles. The maximum Gasteiger partial charge on any atom is 0.191 e. The molecule has 0 unspecified atom stereocenters. The predicted octanol–water partition coefficient (Wildman–Crippen LogP) is 2.39. The molecule has 1 aliphatic heterocycles. The number of rotatable bonds is 7. The molecule has 2 N–H and O–H groups in total. The number of aliphatic imine (C=N–C) groups is 1. The first-order valence-electron chi connectivity index (χ1n) is 9.72. The van der Waals surface area contributed by atoms with Crippen molar-refractivity contribution >= 4 is 5.96 Å². The van der Waals surface area contributed by atoms with Gasteiger partial charge < -0.3 is 20.1 Å². The van der Waals surface area contributed by atoms with Crippen molar-refractivity contribution in [3.05, 3.63) is 65.2 Å². The first-order chi connectivity index (χ1) is 13.8. The molecule has 1 aliphatic rings. The molecule has 0 bridgehead atoms. The van der Waals surface area contributed by atoms with Crippen molar-refractivity contribution in [2.24, 2.45) is 4.99 Å². The summed E-state index contributed by atoms with van der Waals surface area (Å²) in [7, 11) is 3.46. The van der Waals surface area contributed by atoms with Gasteiger partial charge in [0.2, 0.25) is 0 Å². The van der Waals surface area contributed by atoms with Crippen LogP contribution in [0.3, 0.4) is 0 Å². The number of nitrogens with zero attached hydrogens (tertiary/aromatic N) is 2. The lowest BCUT2D eigenvalue weighted by atomic mass is 10.1. The van der Waals surface area contributed by atoms with Gasteiger partial charge in [0.05, 0.1) is 20.3 Å². The maximum atomic E-state index is 5.41. The van der Waals surface area contributed by atoms with Crippen molar-refractivity contribution in [1.82, 2.24) is 15.5 Å². The number of guanidine groups is 1. The van der Waals surface area contributed by atoms with Crippen molar-refractivity contribution < 1.29 is 9.47 Å². The topological polar surface area (TPSA) is 58.1 Å². The van der Waals surface area contributed by atoms with Crippen LogP contribution in [0.4, 0.5) is 0 Å². The molecule has 0 atom stereocenters. The zero-order valence-electron chi connectivity index (χ0n) is 16.8. The molecule has 28 heavy (non-hydrogen) atoms. The largest absolute Gasteiger partial charge is 0.497 e. The summed E-state index contributed by atoms with van der Waals surface area (Å²) in [5.74, 6) is 1.64. The van der Waals surface area contributed by atoms with E-state index in [-0.39, 0.29) is 0 Å². The molecule has 1 saturated heterocycles. The normalized spacial score (nSPS) is 15.3. The summed E-state index contributed by atoms with van der Waals surface area (Å²) in [6.45, 7) is 6.11. The van der Waals surface area contributed by atoms with Crippen LogP contribution in [0, 0.1) is 0 Å². The lowest BCUT2D eigenvalue weighted by molar-refractivity contribution is 0.0342. The van der Waals surface area contributed by atoms with Gasteiger partial charge in [-0.1, -0.05) is 36.4 Å². The number of nitrogens with one attached hydrogen (secondary N) is 2. The third-order valence-corrected chi connectivity index (χ3v) is 4.81. The summed E-state index contributed by atoms with van der Waals surface area (Å²) < 4.78 is 10.7. The second-order valence-electron chi connectivity index (χ2n) is 6.84. The maximum absolute atomic E-state index is 5.41. The van der Waals surface area contributed by atoms with Gasteiger partial charge in [-0.2, -0.15) is 0 Å². The lowest BCUT2D eigenvalue weighted by Crippen LogP contribution is -2.36. The Labute approximate surface area is 167 Å². The third kappa shape index (κ3) is 6.25. The Morgan fingerprint density at radius 3 is 2.36 bits per heavy atom. The van der Waals surface area contributed by atoms with Gasteiger partial charge in [0, 0.05) is 39.8 Å². The minimum atomic E-state index is 0.690. The SMILES string of the molecule is CN=C(NCc1ccc(CN2CCOCC2)cc1)NCc1cccc(OC)c1. The zero-order valence-corrected chi connectivity index (χ0v) is 16.8. The van der Waals surface area contributed by atoms with E-state index in [1.807, 2.05) is 18.2 Å². The van der Waals surface area contributed by atoms with E-state index in [1.54, 1.807) is 14.2 Å². The number of hydrogen-bond donors (Lipinski definition) is 2. The number of ether oxygens (including phenoxy) is 2. The number of methoxy groups -OCH3 is 1. The molecular formula is C22H30N4O2. The van der Waals surface area contributed by atoms with Gasteiger partial charge in [0.25, 0.3) is 0 Å². The zero-order chi connectivity index (χ0) is 19.6. The Hall–Kier alpha value is -2.57. The highest BCUT2D eigenvalue weighted by Gasteiger charge is 2.10. The van der Waals surface area contributed by atoms with Gasteiger partial charge in [-0.05, 0) is 28.8 Å².